The van der Waals surface area contributed by atoms with Gasteiger partial charge in [-0.25, -0.2) is 0 Å². The summed E-state index contributed by atoms with van der Waals surface area (Å²) < 4.78 is 5.35. The minimum atomic E-state index is 0.250. The molecule has 0 aliphatic rings. The van der Waals surface area contributed by atoms with Gasteiger partial charge in [0.05, 0.1) is 12.2 Å². The van der Waals surface area contributed by atoms with E-state index in [1.807, 2.05) is 12.1 Å². The Bertz CT molecular complexity index is 648. The minimum absolute atomic E-state index is 0.250. The number of hydrogen-bond acceptors (Lipinski definition) is 3. The average molecular weight is 328 g/mol. The van der Waals surface area contributed by atoms with E-state index in [9.17, 15) is 0 Å². The maximum atomic E-state index is 5.35. The fourth-order valence-electron chi connectivity index (χ4n) is 2.44. The Morgan fingerprint density at radius 2 is 1.88 bits per heavy atom. The van der Waals surface area contributed by atoms with Crippen LogP contribution in [0.15, 0.2) is 45.9 Å². The van der Waals surface area contributed by atoms with Crippen molar-refractivity contribution in [3.05, 3.63) is 53.4 Å². The predicted octanol–water partition coefficient (Wildman–Crippen LogP) is 3.66. The minimum Gasteiger partial charge on any atom is -0.359 e. The van der Waals surface area contributed by atoms with Gasteiger partial charge < -0.3 is 15.2 Å². The third-order valence-electron chi connectivity index (χ3n) is 4.26. The lowest BCUT2D eigenvalue weighted by molar-refractivity contribution is 0.371. The van der Waals surface area contributed by atoms with Gasteiger partial charge in [0, 0.05) is 25.1 Å². The summed E-state index contributed by atoms with van der Waals surface area (Å²) in [6.45, 7) is 9.14. The lowest BCUT2D eigenvalue weighted by atomic mass is 9.94. The van der Waals surface area contributed by atoms with Crippen LogP contribution in [0.4, 0.5) is 0 Å². The molecule has 0 spiro atoms. The van der Waals surface area contributed by atoms with E-state index in [0.717, 1.165) is 17.4 Å². The Kier molecular flexibility index (Phi) is 6.41. The van der Waals surface area contributed by atoms with Gasteiger partial charge in [-0.3, -0.25) is 4.99 Å². The molecule has 0 bridgehead atoms. The van der Waals surface area contributed by atoms with Crippen molar-refractivity contribution in [1.29, 1.82) is 0 Å². The van der Waals surface area contributed by atoms with Crippen molar-refractivity contribution in [3.63, 3.8) is 0 Å². The molecule has 130 valence electrons. The van der Waals surface area contributed by atoms with Gasteiger partial charge in [-0.15, -0.1) is 0 Å². The highest BCUT2D eigenvalue weighted by Crippen LogP contribution is 2.18. The van der Waals surface area contributed by atoms with Gasteiger partial charge in [0.15, 0.2) is 11.7 Å². The van der Waals surface area contributed by atoms with Crippen LogP contribution in [-0.4, -0.2) is 24.2 Å². The van der Waals surface area contributed by atoms with Crippen LogP contribution < -0.4 is 10.6 Å². The SMILES string of the molecule is CN=C(NCc1cc(C(C)C)no1)NC(C)C(C)c1ccccc1. The Labute approximate surface area is 144 Å². The normalized spacial score (nSPS) is 14.5. The average Bonchev–Trinajstić information content (AvgIpc) is 3.07. The van der Waals surface area contributed by atoms with Crippen molar-refractivity contribution in [3.8, 4) is 0 Å². The van der Waals surface area contributed by atoms with Gasteiger partial charge in [0.2, 0.25) is 0 Å². The van der Waals surface area contributed by atoms with Crippen molar-refractivity contribution in [2.24, 2.45) is 4.99 Å². The van der Waals surface area contributed by atoms with E-state index in [2.05, 4.69) is 72.7 Å². The van der Waals surface area contributed by atoms with Crippen molar-refractivity contribution in [2.45, 2.75) is 52.1 Å². The molecule has 1 aromatic carbocycles. The molecular formula is C19H28N4O. The topological polar surface area (TPSA) is 62.5 Å². The first-order valence-corrected chi connectivity index (χ1v) is 8.49. The molecule has 0 saturated carbocycles. The van der Waals surface area contributed by atoms with Crippen LogP contribution in [0.1, 0.15) is 56.5 Å². The molecule has 2 N–H and O–H groups in total. The highest BCUT2D eigenvalue weighted by Gasteiger charge is 2.15. The second kappa shape index (κ2) is 8.52. The molecule has 2 aromatic rings. The number of aliphatic imine (C=N–C) groups is 1. The smallest absolute Gasteiger partial charge is 0.191 e. The largest absolute Gasteiger partial charge is 0.359 e. The molecule has 0 saturated heterocycles. The van der Waals surface area contributed by atoms with Crippen LogP contribution in [0.2, 0.25) is 0 Å². The van der Waals surface area contributed by atoms with Crippen molar-refractivity contribution >= 4 is 5.96 Å². The van der Waals surface area contributed by atoms with E-state index < -0.39 is 0 Å². The number of benzene rings is 1. The van der Waals surface area contributed by atoms with E-state index in [1.54, 1.807) is 7.05 Å². The summed E-state index contributed by atoms with van der Waals surface area (Å²) in [6, 6.07) is 12.7. The van der Waals surface area contributed by atoms with E-state index in [-0.39, 0.29) is 6.04 Å². The zero-order valence-corrected chi connectivity index (χ0v) is 15.2. The quantitative estimate of drug-likeness (QED) is 0.627. The zero-order chi connectivity index (χ0) is 17.5. The summed E-state index contributed by atoms with van der Waals surface area (Å²) in [4.78, 5) is 4.29. The first kappa shape index (κ1) is 18.0. The van der Waals surface area contributed by atoms with Crippen LogP contribution >= 0.6 is 0 Å². The Balaban J connectivity index is 1.89. The maximum absolute atomic E-state index is 5.35. The molecule has 1 aromatic heterocycles. The molecule has 24 heavy (non-hydrogen) atoms. The molecule has 0 aliphatic carbocycles. The lowest BCUT2D eigenvalue weighted by Crippen LogP contribution is -2.43. The molecular weight excluding hydrogens is 300 g/mol. The standard InChI is InChI=1S/C19H28N4O/c1-13(2)18-11-17(24-23-18)12-21-19(20-5)22-15(4)14(3)16-9-7-6-8-10-16/h6-11,13-15H,12H2,1-5H3,(H2,20,21,22). The highest BCUT2D eigenvalue weighted by molar-refractivity contribution is 5.79. The van der Waals surface area contributed by atoms with Crippen molar-refractivity contribution in [2.75, 3.05) is 7.05 Å². The number of nitrogens with one attached hydrogen (secondary N) is 2. The highest BCUT2D eigenvalue weighted by atomic mass is 16.5. The van der Waals surface area contributed by atoms with Gasteiger partial charge in [0.1, 0.15) is 0 Å². The lowest BCUT2D eigenvalue weighted by Gasteiger charge is -2.23. The van der Waals surface area contributed by atoms with Gasteiger partial charge >= 0.3 is 0 Å². The molecule has 1 heterocycles. The first-order chi connectivity index (χ1) is 11.5. The molecule has 2 atom stereocenters. The van der Waals surface area contributed by atoms with Gasteiger partial charge in [-0.2, -0.15) is 0 Å². The first-order valence-electron chi connectivity index (χ1n) is 8.49. The van der Waals surface area contributed by atoms with Crippen molar-refractivity contribution < 1.29 is 4.52 Å². The maximum Gasteiger partial charge on any atom is 0.191 e. The summed E-state index contributed by atoms with van der Waals surface area (Å²) in [5, 5.41) is 10.8. The molecule has 2 unspecified atom stereocenters. The Hall–Kier alpha value is -2.30. The van der Waals surface area contributed by atoms with Crippen LogP contribution in [0.25, 0.3) is 0 Å². The van der Waals surface area contributed by atoms with Crippen LogP contribution in [0.5, 0.6) is 0 Å². The Morgan fingerprint density at radius 1 is 1.17 bits per heavy atom. The summed E-state index contributed by atoms with van der Waals surface area (Å²) in [6.07, 6.45) is 0. The monoisotopic (exact) mass is 328 g/mol. The number of aromatic nitrogens is 1. The fraction of sp³-hybridized carbons (Fsp3) is 0.474. The molecule has 0 radical (unpaired) electrons. The summed E-state index contributed by atoms with van der Waals surface area (Å²) in [7, 11) is 1.77. The number of rotatable bonds is 6. The predicted molar refractivity (Wildman–Crippen MR) is 98.2 cm³/mol. The summed E-state index contributed by atoms with van der Waals surface area (Å²) in [5.41, 5.74) is 2.28. The summed E-state index contributed by atoms with van der Waals surface area (Å²) >= 11 is 0. The van der Waals surface area contributed by atoms with E-state index in [1.165, 1.54) is 5.56 Å². The van der Waals surface area contributed by atoms with Gasteiger partial charge in [-0.05, 0) is 18.4 Å². The van der Waals surface area contributed by atoms with Gasteiger partial charge in [-0.1, -0.05) is 56.3 Å². The molecule has 0 fully saturated rings. The van der Waals surface area contributed by atoms with Gasteiger partial charge in [0.25, 0.3) is 0 Å². The van der Waals surface area contributed by atoms with E-state index >= 15 is 0 Å². The molecule has 2 rings (SSSR count). The van der Waals surface area contributed by atoms with Crippen LogP contribution in [0.3, 0.4) is 0 Å². The number of hydrogen-bond donors (Lipinski definition) is 2. The second-order valence-electron chi connectivity index (χ2n) is 6.43. The third kappa shape index (κ3) is 4.85. The number of guanidine groups is 1. The van der Waals surface area contributed by atoms with E-state index in [4.69, 9.17) is 4.52 Å². The van der Waals surface area contributed by atoms with E-state index in [0.29, 0.717) is 18.4 Å². The molecule has 5 heteroatoms. The molecule has 0 aliphatic heterocycles. The second-order valence-corrected chi connectivity index (χ2v) is 6.43. The number of nitrogens with zero attached hydrogens (tertiary/aromatic N) is 2. The fourth-order valence-corrected chi connectivity index (χ4v) is 2.44. The van der Waals surface area contributed by atoms with Crippen LogP contribution in [0, 0.1) is 0 Å². The van der Waals surface area contributed by atoms with Crippen molar-refractivity contribution in [1.82, 2.24) is 15.8 Å². The molecule has 0 amide bonds. The molecule has 5 nitrogen and oxygen atoms in total. The van der Waals surface area contributed by atoms with Crippen LogP contribution in [-0.2, 0) is 6.54 Å². The summed E-state index contributed by atoms with van der Waals surface area (Å²) in [5.74, 6) is 2.31. The Morgan fingerprint density at radius 3 is 2.46 bits per heavy atom. The third-order valence-corrected chi connectivity index (χ3v) is 4.26. The zero-order valence-electron chi connectivity index (χ0n) is 15.2.